The van der Waals surface area contributed by atoms with Crippen molar-refractivity contribution in [3.05, 3.63) is 139 Å². The van der Waals surface area contributed by atoms with Crippen LogP contribution in [0.4, 0.5) is 0 Å². The second kappa shape index (κ2) is 26.2. The van der Waals surface area contributed by atoms with Crippen LogP contribution in [0.5, 0.6) is 5.75 Å². The second-order valence-corrected chi connectivity index (χ2v) is 34.6. The molecule has 0 aromatic heterocycles. The summed E-state index contributed by atoms with van der Waals surface area (Å²) in [4.78, 5) is 0. The first-order valence-corrected chi connectivity index (χ1v) is 33.9. The Hall–Kier alpha value is -2.85. The molecule has 0 radical (unpaired) electrons. The number of hydrogen-bond donors (Lipinski definition) is 1. The van der Waals surface area contributed by atoms with Gasteiger partial charge in [0.05, 0.1) is 29.8 Å². The highest BCUT2D eigenvalue weighted by Crippen LogP contribution is 2.79. The van der Waals surface area contributed by atoms with Gasteiger partial charge in [-0.15, -0.1) is 0 Å². The highest BCUT2D eigenvalue weighted by molar-refractivity contribution is 8.49. The molecule has 5 aromatic carbocycles. The molecule has 0 aliphatic heterocycles. The molecule has 0 aliphatic rings. The van der Waals surface area contributed by atoms with Crippen LogP contribution in [0.15, 0.2) is 133 Å². The molecule has 5 rings (SSSR count). The van der Waals surface area contributed by atoms with Crippen LogP contribution in [-0.4, -0.2) is 23.3 Å². The highest BCUT2D eigenvalue weighted by Gasteiger charge is 2.55. The average molecular weight is 903 g/mol. The molecule has 1 N–H and O–H groups in total. The van der Waals surface area contributed by atoms with Gasteiger partial charge in [0.1, 0.15) is 12.9 Å². The predicted octanol–water partition coefficient (Wildman–Crippen LogP) is 14.5. The fourth-order valence-electron chi connectivity index (χ4n) is 10.1. The number of hydrogen-bond acceptors (Lipinski definition) is 2. The minimum Gasteiger partial charge on any atom is -0.493 e. The Morgan fingerprint density at radius 2 is 0.823 bits per heavy atom. The van der Waals surface area contributed by atoms with Crippen LogP contribution in [0.1, 0.15) is 124 Å². The van der Waals surface area contributed by atoms with Gasteiger partial charge < -0.3 is 4.74 Å². The Balaban J connectivity index is 1.82. The molecular weight excluding hydrogens is 821 g/mol. The molecule has 0 saturated carbocycles. The van der Waals surface area contributed by atoms with Gasteiger partial charge in [0.2, 0.25) is 0 Å². The standard InChI is InChI=1S/C56H82NOP2Si2/c1-8-14-42-61(43-15-9-2,44-16-10-3)53-38-34-50(35-39-53)59(51-36-40-54(41-37-51)62(45-17-11-4,46-18-12-5)47-19-13-6)60(52-30-24-21-25-31-52,56-33-27-26-32-55(56)58-7)57-48-49-28-22-20-23-29-49/h20-41,57H,8-19,42-48H2,1-7H3/q+1. The lowest BCUT2D eigenvalue weighted by Crippen LogP contribution is -2.48. The van der Waals surface area contributed by atoms with Gasteiger partial charge in [0.15, 0.2) is 18.2 Å². The van der Waals surface area contributed by atoms with Gasteiger partial charge in [0, 0.05) is 10.6 Å². The third-order valence-corrected chi connectivity index (χ3v) is 34.6. The zero-order valence-corrected chi connectivity index (χ0v) is 43.7. The zero-order chi connectivity index (χ0) is 44.1. The molecular formula is C56H82NOP2Si2+. The van der Waals surface area contributed by atoms with Gasteiger partial charge in [-0.3, -0.25) is 0 Å². The van der Waals surface area contributed by atoms with E-state index in [-0.39, 0.29) is 0 Å². The zero-order valence-electron chi connectivity index (χ0n) is 39.9. The van der Waals surface area contributed by atoms with E-state index in [9.17, 15) is 0 Å². The molecule has 1 atom stereocenters. The minimum absolute atomic E-state index is 0.777. The number of nitrogens with one attached hydrogen (secondary N) is 1. The summed E-state index contributed by atoms with van der Waals surface area (Å²) in [7, 11) is -4.99. The first-order valence-electron chi connectivity index (χ1n) is 24.8. The summed E-state index contributed by atoms with van der Waals surface area (Å²) in [5.41, 5.74) is 1.31. The number of benzene rings is 5. The summed E-state index contributed by atoms with van der Waals surface area (Å²) in [6.07, 6.45) is 15.8. The van der Waals surface area contributed by atoms with Crippen LogP contribution in [-0.2, 0) is 6.54 Å². The van der Waals surface area contributed by atoms with Gasteiger partial charge in [-0.2, -0.15) is 5.09 Å². The van der Waals surface area contributed by atoms with E-state index in [2.05, 4.69) is 180 Å². The Morgan fingerprint density at radius 1 is 0.452 bits per heavy atom. The Labute approximate surface area is 383 Å². The summed E-state index contributed by atoms with van der Waals surface area (Å²) in [5, 5.41) is 13.5. The number of unbranched alkanes of at least 4 members (excludes halogenated alkanes) is 6. The first kappa shape index (κ1) is 50.2. The average Bonchev–Trinajstić information content (AvgIpc) is 3.33. The summed E-state index contributed by atoms with van der Waals surface area (Å²) in [5.74, 6) is 0.973. The molecule has 1 unspecified atom stereocenters. The molecule has 0 spiro atoms. The third-order valence-electron chi connectivity index (χ3n) is 13.7. The Morgan fingerprint density at radius 3 is 1.21 bits per heavy atom. The Bertz CT molecular complexity index is 1850. The van der Waals surface area contributed by atoms with Crippen molar-refractivity contribution in [3.63, 3.8) is 0 Å². The maximum Gasteiger partial charge on any atom is 0.177 e. The molecule has 62 heavy (non-hydrogen) atoms. The largest absolute Gasteiger partial charge is 0.493 e. The van der Waals surface area contributed by atoms with Crippen molar-refractivity contribution in [2.75, 3.05) is 7.11 Å². The maximum atomic E-state index is 6.41. The molecule has 6 heteroatoms. The van der Waals surface area contributed by atoms with E-state index >= 15 is 0 Å². The van der Waals surface area contributed by atoms with Gasteiger partial charge in [-0.1, -0.05) is 274 Å². The fraction of sp³-hybridized carbons (Fsp3) is 0.464. The quantitative estimate of drug-likeness (QED) is 0.0381. The lowest BCUT2D eigenvalue weighted by Gasteiger charge is -2.37. The third kappa shape index (κ3) is 12.5. The van der Waals surface area contributed by atoms with E-state index in [1.54, 1.807) is 10.4 Å². The van der Waals surface area contributed by atoms with Gasteiger partial charge in [-0.25, -0.2) is 0 Å². The van der Waals surface area contributed by atoms with Crippen LogP contribution >= 0.6 is 14.7 Å². The van der Waals surface area contributed by atoms with Gasteiger partial charge >= 0.3 is 0 Å². The minimum atomic E-state index is -2.48. The number of methoxy groups -OCH3 is 1. The fourth-order valence-corrected chi connectivity index (χ4v) is 31.9. The number of para-hydroxylation sites is 1. The first-order chi connectivity index (χ1) is 30.4. The van der Waals surface area contributed by atoms with Crippen molar-refractivity contribution < 1.29 is 4.74 Å². The summed E-state index contributed by atoms with van der Waals surface area (Å²) in [6, 6.07) is 61.0. The lowest BCUT2D eigenvalue weighted by molar-refractivity contribution is 0.418. The van der Waals surface area contributed by atoms with Gasteiger partial charge in [0.25, 0.3) is 0 Å². The lowest BCUT2D eigenvalue weighted by atomic mass is 10.2. The van der Waals surface area contributed by atoms with Crippen molar-refractivity contribution in [1.29, 1.82) is 0 Å². The summed E-state index contributed by atoms with van der Waals surface area (Å²) < 4.78 is 6.41. The summed E-state index contributed by atoms with van der Waals surface area (Å²) in [6.45, 7) is 15.1. The molecule has 0 aliphatic carbocycles. The van der Waals surface area contributed by atoms with E-state index in [0.29, 0.717) is 0 Å². The van der Waals surface area contributed by atoms with Crippen molar-refractivity contribution in [1.82, 2.24) is 5.09 Å². The topological polar surface area (TPSA) is 21.3 Å². The van der Waals surface area contributed by atoms with E-state index in [1.165, 1.54) is 140 Å². The molecule has 0 heterocycles. The van der Waals surface area contributed by atoms with E-state index in [0.717, 1.165) is 12.3 Å². The normalized spacial score (nSPS) is 13.0. The van der Waals surface area contributed by atoms with Crippen LogP contribution in [0, 0.1) is 0 Å². The Kier molecular flexibility index (Phi) is 21.2. The molecule has 0 bridgehead atoms. The van der Waals surface area contributed by atoms with E-state index in [1.807, 2.05) is 7.11 Å². The predicted molar refractivity (Wildman–Crippen MR) is 287 cm³/mol. The van der Waals surface area contributed by atoms with Crippen molar-refractivity contribution >= 4 is 62.5 Å². The van der Waals surface area contributed by atoms with Crippen molar-refractivity contribution in [3.8, 4) is 5.75 Å². The van der Waals surface area contributed by atoms with Crippen LogP contribution in [0.3, 0.4) is 0 Å². The SMILES string of the molecule is CCCC[Si](CCCC)(CCCC)c1ccc(P(c2ccc([Si](CCCC)(CCCC)CCCC)cc2)[P+](NCc2ccccc2)(c2ccccc2)c2ccccc2OC)cc1. The monoisotopic (exact) mass is 903 g/mol. The molecule has 334 valence electrons. The van der Waals surface area contributed by atoms with Crippen LogP contribution in [0.25, 0.3) is 0 Å². The maximum absolute atomic E-state index is 6.41. The van der Waals surface area contributed by atoms with Crippen molar-refractivity contribution in [2.24, 2.45) is 0 Å². The highest BCUT2D eigenvalue weighted by atomic mass is 32.1. The van der Waals surface area contributed by atoms with Crippen LogP contribution < -0.4 is 41.4 Å². The van der Waals surface area contributed by atoms with E-state index < -0.39 is 30.9 Å². The molecule has 2 nitrogen and oxygen atoms in total. The second-order valence-electron chi connectivity index (χ2n) is 18.1. The molecule has 5 aromatic rings. The molecule has 0 saturated heterocycles. The van der Waals surface area contributed by atoms with Crippen LogP contribution in [0.2, 0.25) is 36.3 Å². The number of ether oxygens (including phenoxy) is 1. The summed E-state index contributed by atoms with van der Waals surface area (Å²) >= 11 is 0. The van der Waals surface area contributed by atoms with E-state index in [4.69, 9.17) is 4.74 Å². The number of rotatable bonds is 29. The molecule has 0 fully saturated rings. The smallest absolute Gasteiger partial charge is 0.177 e. The van der Waals surface area contributed by atoms with Gasteiger partial charge in [-0.05, 0) is 29.8 Å². The van der Waals surface area contributed by atoms with Crippen molar-refractivity contribution in [2.45, 2.75) is 161 Å². The molecule has 0 amide bonds.